The Morgan fingerprint density at radius 3 is 2.50 bits per heavy atom. The van der Waals surface area contributed by atoms with Crippen LogP contribution in [-0.2, 0) is 10.2 Å². The minimum absolute atomic E-state index is 0.129. The van der Waals surface area contributed by atoms with E-state index in [0.717, 1.165) is 31.7 Å². The SMILES string of the molecule is C[C@]12CC3CC(C(=O)N[C@H]4CN5CCC4CC5)(C1)C[C@@](c1ccccc1)(C3)C2. The molecule has 1 amide bonds. The maximum Gasteiger partial charge on any atom is 0.226 e. The number of nitrogens with zero attached hydrogens (tertiary/aromatic N) is 1. The van der Waals surface area contributed by atoms with Crippen LogP contribution in [0.2, 0.25) is 0 Å². The van der Waals surface area contributed by atoms with Crippen LogP contribution in [0.5, 0.6) is 0 Å². The zero-order valence-electron chi connectivity index (χ0n) is 17.3. The number of carbonyl (C=O) groups excluding carboxylic acids is 1. The zero-order valence-corrected chi connectivity index (χ0v) is 17.3. The van der Waals surface area contributed by atoms with Gasteiger partial charge in [0.2, 0.25) is 5.91 Å². The topological polar surface area (TPSA) is 32.3 Å². The second-order valence-electron chi connectivity index (χ2n) is 11.5. The first kappa shape index (κ1) is 17.5. The lowest BCUT2D eigenvalue weighted by Crippen LogP contribution is -2.65. The van der Waals surface area contributed by atoms with Crippen LogP contribution in [-0.4, -0.2) is 36.5 Å². The molecule has 2 unspecified atom stereocenters. The van der Waals surface area contributed by atoms with Crippen LogP contribution < -0.4 is 5.32 Å². The molecule has 1 N–H and O–H groups in total. The normalized spacial score (nSPS) is 48.6. The fraction of sp³-hybridized carbons (Fsp3) is 0.720. The van der Waals surface area contributed by atoms with Gasteiger partial charge in [-0.2, -0.15) is 0 Å². The highest BCUT2D eigenvalue weighted by Crippen LogP contribution is 2.70. The molecule has 7 aliphatic rings. The maximum absolute atomic E-state index is 13.8. The number of benzene rings is 1. The molecule has 28 heavy (non-hydrogen) atoms. The van der Waals surface area contributed by atoms with Crippen molar-refractivity contribution in [2.75, 3.05) is 19.6 Å². The lowest BCUT2D eigenvalue weighted by Gasteiger charge is -2.65. The molecule has 0 radical (unpaired) electrons. The summed E-state index contributed by atoms with van der Waals surface area (Å²) in [7, 11) is 0. The average molecular weight is 379 g/mol. The van der Waals surface area contributed by atoms with Crippen molar-refractivity contribution in [3.05, 3.63) is 35.9 Å². The Morgan fingerprint density at radius 2 is 1.82 bits per heavy atom. The lowest BCUT2D eigenvalue weighted by atomic mass is 9.38. The van der Waals surface area contributed by atoms with Crippen molar-refractivity contribution in [1.29, 1.82) is 0 Å². The van der Waals surface area contributed by atoms with Gasteiger partial charge in [0.05, 0.1) is 5.41 Å². The van der Waals surface area contributed by atoms with Gasteiger partial charge < -0.3 is 10.2 Å². The van der Waals surface area contributed by atoms with Crippen LogP contribution >= 0.6 is 0 Å². The van der Waals surface area contributed by atoms with Crippen LogP contribution in [0, 0.1) is 22.7 Å². The molecule has 7 fully saturated rings. The van der Waals surface area contributed by atoms with Crippen LogP contribution in [0.4, 0.5) is 0 Å². The number of carbonyl (C=O) groups is 1. The molecule has 3 aliphatic heterocycles. The lowest BCUT2D eigenvalue weighted by molar-refractivity contribution is -0.161. The van der Waals surface area contributed by atoms with Gasteiger partial charge in [-0.3, -0.25) is 4.79 Å². The van der Waals surface area contributed by atoms with Crippen molar-refractivity contribution in [2.24, 2.45) is 22.7 Å². The second-order valence-corrected chi connectivity index (χ2v) is 11.5. The molecule has 0 aromatic heterocycles. The Bertz CT molecular complexity index is 785. The highest BCUT2D eigenvalue weighted by molar-refractivity contribution is 5.84. The third-order valence-corrected chi connectivity index (χ3v) is 9.19. The van der Waals surface area contributed by atoms with E-state index < -0.39 is 0 Å². The fourth-order valence-corrected chi connectivity index (χ4v) is 8.74. The molecule has 3 heterocycles. The first-order valence-corrected chi connectivity index (χ1v) is 11.6. The van der Waals surface area contributed by atoms with Crippen LogP contribution in [0.25, 0.3) is 0 Å². The van der Waals surface area contributed by atoms with Crippen molar-refractivity contribution < 1.29 is 4.79 Å². The van der Waals surface area contributed by atoms with E-state index in [4.69, 9.17) is 0 Å². The molecule has 150 valence electrons. The number of fused-ring (bicyclic) bond motifs is 3. The predicted molar refractivity (Wildman–Crippen MR) is 111 cm³/mol. The molecule has 0 spiro atoms. The summed E-state index contributed by atoms with van der Waals surface area (Å²) in [5.74, 6) is 1.84. The van der Waals surface area contributed by atoms with Gasteiger partial charge in [-0.1, -0.05) is 37.3 Å². The van der Waals surface area contributed by atoms with E-state index in [0.29, 0.717) is 23.3 Å². The van der Waals surface area contributed by atoms with Gasteiger partial charge >= 0.3 is 0 Å². The zero-order chi connectivity index (χ0) is 19.0. The van der Waals surface area contributed by atoms with Gasteiger partial charge in [-0.05, 0) is 92.7 Å². The summed E-state index contributed by atoms with van der Waals surface area (Å²) in [6.45, 7) is 6.03. The van der Waals surface area contributed by atoms with Crippen LogP contribution in [0.1, 0.15) is 63.9 Å². The number of rotatable bonds is 3. The molecule has 5 atom stereocenters. The minimum Gasteiger partial charge on any atom is -0.351 e. The summed E-state index contributed by atoms with van der Waals surface area (Å²) in [5, 5.41) is 3.61. The Balaban J connectivity index is 1.31. The van der Waals surface area contributed by atoms with Crippen molar-refractivity contribution in [3.8, 4) is 0 Å². The largest absolute Gasteiger partial charge is 0.351 e. The fourth-order valence-electron chi connectivity index (χ4n) is 8.74. The van der Waals surface area contributed by atoms with Crippen LogP contribution in [0.3, 0.4) is 0 Å². The Hall–Kier alpha value is -1.35. The quantitative estimate of drug-likeness (QED) is 0.858. The predicted octanol–water partition coefficient (Wildman–Crippen LogP) is 4.13. The van der Waals surface area contributed by atoms with E-state index in [2.05, 4.69) is 47.5 Å². The van der Waals surface area contributed by atoms with Gasteiger partial charge in [-0.25, -0.2) is 0 Å². The summed E-state index contributed by atoms with van der Waals surface area (Å²) in [6, 6.07) is 11.6. The molecule has 4 saturated carbocycles. The molecule has 1 aromatic carbocycles. The highest BCUT2D eigenvalue weighted by Gasteiger charge is 2.64. The van der Waals surface area contributed by atoms with Crippen molar-refractivity contribution in [1.82, 2.24) is 10.2 Å². The van der Waals surface area contributed by atoms with E-state index >= 15 is 0 Å². The Morgan fingerprint density at radius 1 is 1.04 bits per heavy atom. The van der Waals surface area contributed by atoms with Gasteiger partial charge in [-0.15, -0.1) is 0 Å². The highest BCUT2D eigenvalue weighted by atomic mass is 16.2. The number of nitrogens with one attached hydrogen (secondary N) is 1. The molecule has 4 aliphatic carbocycles. The molecule has 3 nitrogen and oxygen atoms in total. The summed E-state index contributed by atoms with van der Waals surface area (Å²) in [5.41, 5.74) is 1.92. The monoisotopic (exact) mass is 378 g/mol. The molecular weight excluding hydrogens is 344 g/mol. The van der Waals surface area contributed by atoms with E-state index in [-0.39, 0.29) is 10.8 Å². The Labute approximate surface area is 169 Å². The van der Waals surface area contributed by atoms with E-state index in [1.165, 1.54) is 50.8 Å². The van der Waals surface area contributed by atoms with E-state index in [9.17, 15) is 4.79 Å². The summed E-state index contributed by atoms with van der Waals surface area (Å²) < 4.78 is 0. The molecule has 6 bridgehead atoms. The summed E-state index contributed by atoms with van der Waals surface area (Å²) in [6.07, 6.45) is 9.75. The standard InChI is InChI=1S/C25H34N2O/c1-23-11-18-12-24(15-23,20-5-3-2-4-6-20)17-25(13-18,16-23)22(28)26-21-14-27-9-7-19(21)8-10-27/h2-6,18-19,21H,7-17H2,1H3,(H,26,28)/t18?,21-,23+,24+,25?/m0/s1. The second kappa shape index (κ2) is 5.84. The third-order valence-electron chi connectivity index (χ3n) is 9.19. The van der Waals surface area contributed by atoms with Crippen molar-refractivity contribution >= 4 is 5.91 Å². The first-order valence-electron chi connectivity index (χ1n) is 11.6. The van der Waals surface area contributed by atoms with Gasteiger partial charge in [0.1, 0.15) is 0 Å². The van der Waals surface area contributed by atoms with Gasteiger partial charge in [0.25, 0.3) is 0 Å². The molecule has 1 aromatic rings. The van der Waals surface area contributed by atoms with Gasteiger partial charge in [0, 0.05) is 12.6 Å². The molecular formula is C25H34N2O. The van der Waals surface area contributed by atoms with Crippen LogP contribution in [0.15, 0.2) is 30.3 Å². The summed E-state index contributed by atoms with van der Waals surface area (Å²) in [4.78, 5) is 16.4. The van der Waals surface area contributed by atoms with Crippen molar-refractivity contribution in [2.45, 2.75) is 69.7 Å². The van der Waals surface area contributed by atoms with E-state index in [1.54, 1.807) is 0 Å². The third kappa shape index (κ3) is 2.54. The number of hydrogen-bond donors (Lipinski definition) is 1. The maximum atomic E-state index is 13.8. The number of amides is 1. The number of piperidine rings is 3. The molecule has 3 saturated heterocycles. The smallest absolute Gasteiger partial charge is 0.226 e. The van der Waals surface area contributed by atoms with E-state index in [1.807, 2.05) is 0 Å². The van der Waals surface area contributed by atoms with Gasteiger partial charge in [0.15, 0.2) is 0 Å². The molecule has 8 rings (SSSR count). The molecule has 3 heteroatoms. The summed E-state index contributed by atoms with van der Waals surface area (Å²) >= 11 is 0. The first-order chi connectivity index (χ1) is 13.5. The average Bonchev–Trinajstić information content (AvgIpc) is 2.68. The Kier molecular flexibility index (Phi) is 3.65. The number of hydrogen-bond acceptors (Lipinski definition) is 2. The van der Waals surface area contributed by atoms with Crippen molar-refractivity contribution in [3.63, 3.8) is 0 Å². The minimum atomic E-state index is -0.129.